The van der Waals surface area contributed by atoms with Crippen molar-refractivity contribution in [2.24, 2.45) is 0 Å². The monoisotopic (exact) mass is 372 g/mol. The molecule has 0 spiro atoms. The second kappa shape index (κ2) is 6.57. The Kier molecular flexibility index (Phi) is 4.21. The molecule has 1 aromatic carbocycles. The topological polar surface area (TPSA) is 99.3 Å². The molecule has 0 unspecified atom stereocenters. The minimum atomic E-state index is -0.859. The number of benzene rings is 1. The maximum Gasteiger partial charge on any atom is 0.327 e. The summed E-state index contributed by atoms with van der Waals surface area (Å²) in [5.41, 5.74) is 0.516. The van der Waals surface area contributed by atoms with Crippen molar-refractivity contribution in [1.82, 2.24) is 15.1 Å². The minimum Gasteiger partial charge on any atom is -0.477 e. The first kappa shape index (κ1) is 17.3. The molecule has 2 saturated heterocycles. The minimum absolute atomic E-state index is 0.0128. The molecule has 9 nitrogen and oxygen atoms in total. The Morgan fingerprint density at radius 3 is 2.78 bits per heavy atom. The number of carbonyl (C=O) groups excluding carboxylic acids is 4. The lowest BCUT2D eigenvalue weighted by atomic mass is 10.1. The van der Waals surface area contributed by atoms with Gasteiger partial charge >= 0.3 is 6.03 Å². The number of nitrogens with one attached hydrogen (secondary N) is 1. The normalized spacial score (nSPS) is 23.8. The summed E-state index contributed by atoms with van der Waals surface area (Å²) in [6, 6.07) is 6.02. The highest BCUT2D eigenvalue weighted by Gasteiger charge is 2.48. The van der Waals surface area contributed by atoms with Gasteiger partial charge in [-0.3, -0.25) is 19.3 Å². The van der Waals surface area contributed by atoms with E-state index in [2.05, 4.69) is 5.32 Å². The van der Waals surface area contributed by atoms with E-state index in [4.69, 9.17) is 4.74 Å². The summed E-state index contributed by atoms with van der Waals surface area (Å²) in [4.78, 5) is 53.9. The van der Waals surface area contributed by atoms with Crippen molar-refractivity contribution >= 4 is 29.4 Å². The number of rotatable bonds is 3. The van der Waals surface area contributed by atoms with E-state index in [9.17, 15) is 19.2 Å². The van der Waals surface area contributed by atoms with Gasteiger partial charge in [0.05, 0.1) is 12.2 Å². The number of imide groups is 1. The molecule has 9 heteroatoms. The molecule has 1 aromatic rings. The highest BCUT2D eigenvalue weighted by molar-refractivity contribution is 6.09. The van der Waals surface area contributed by atoms with Gasteiger partial charge in [0.15, 0.2) is 6.10 Å². The first-order chi connectivity index (χ1) is 13.0. The van der Waals surface area contributed by atoms with Crippen LogP contribution >= 0.6 is 0 Å². The lowest BCUT2D eigenvalue weighted by molar-refractivity contribution is -0.132. The summed E-state index contributed by atoms with van der Waals surface area (Å²) in [5, 5.41) is 2.51. The van der Waals surface area contributed by atoms with E-state index in [1.165, 1.54) is 16.8 Å². The molecule has 3 heterocycles. The molecule has 0 bridgehead atoms. The van der Waals surface area contributed by atoms with Crippen LogP contribution in [0, 0.1) is 0 Å². The number of ether oxygens (including phenoxy) is 1. The Bertz CT molecular complexity index is 804. The molecule has 0 saturated carbocycles. The van der Waals surface area contributed by atoms with Gasteiger partial charge in [-0.2, -0.15) is 0 Å². The van der Waals surface area contributed by atoms with Crippen molar-refractivity contribution in [3.05, 3.63) is 24.3 Å². The molecule has 5 amide bonds. The van der Waals surface area contributed by atoms with Gasteiger partial charge in [0, 0.05) is 13.6 Å². The molecule has 0 aliphatic carbocycles. The van der Waals surface area contributed by atoms with Gasteiger partial charge in [0.2, 0.25) is 5.91 Å². The van der Waals surface area contributed by atoms with Gasteiger partial charge in [-0.1, -0.05) is 12.1 Å². The van der Waals surface area contributed by atoms with Gasteiger partial charge in [0.1, 0.15) is 18.3 Å². The van der Waals surface area contributed by atoms with Crippen molar-refractivity contribution < 1.29 is 23.9 Å². The van der Waals surface area contributed by atoms with E-state index in [1.807, 2.05) is 0 Å². The van der Waals surface area contributed by atoms with Crippen LogP contribution in [0.5, 0.6) is 5.75 Å². The van der Waals surface area contributed by atoms with Gasteiger partial charge in [0.25, 0.3) is 11.8 Å². The molecule has 1 N–H and O–H groups in total. The van der Waals surface area contributed by atoms with Gasteiger partial charge in [-0.15, -0.1) is 0 Å². The van der Waals surface area contributed by atoms with Crippen molar-refractivity contribution in [2.75, 3.05) is 31.6 Å². The van der Waals surface area contributed by atoms with Gasteiger partial charge in [-0.05, 0) is 25.0 Å². The average molecular weight is 372 g/mol. The summed E-state index contributed by atoms with van der Waals surface area (Å²) in [6.45, 7) is 0.206. The Labute approximate surface area is 155 Å². The zero-order valence-electron chi connectivity index (χ0n) is 14.9. The quantitative estimate of drug-likeness (QED) is 0.751. The van der Waals surface area contributed by atoms with E-state index < -0.39 is 24.1 Å². The van der Waals surface area contributed by atoms with E-state index in [0.29, 0.717) is 24.4 Å². The molecule has 4 rings (SSSR count). The summed E-state index contributed by atoms with van der Waals surface area (Å²) in [6.07, 6.45) is 0.574. The second-order valence-corrected chi connectivity index (χ2v) is 6.75. The molecular weight excluding hydrogens is 352 g/mol. The standard InChI is InChI=1S/C18H20N4O5/c1-19-16(24)14-9-21(11-5-2-3-7-13(11)27-14)15(23)10-22-17(25)12-6-4-8-20(12)18(22)26/h2-3,5,7,12,14H,4,6,8-10H2,1H3,(H,19,24)/t12-,14-/m1/s1. The van der Waals surface area contributed by atoms with Crippen molar-refractivity contribution in [1.29, 1.82) is 0 Å². The van der Waals surface area contributed by atoms with Crippen LogP contribution < -0.4 is 15.0 Å². The predicted octanol–water partition coefficient (Wildman–Crippen LogP) is -0.0468. The number of amides is 5. The van der Waals surface area contributed by atoms with Crippen LogP contribution in [0.3, 0.4) is 0 Å². The van der Waals surface area contributed by atoms with Crippen LogP contribution in [0.25, 0.3) is 0 Å². The number of anilines is 1. The van der Waals surface area contributed by atoms with E-state index in [0.717, 1.165) is 11.3 Å². The third kappa shape index (κ3) is 2.79. The van der Waals surface area contributed by atoms with Crippen LogP contribution in [0.15, 0.2) is 24.3 Å². The summed E-state index contributed by atoms with van der Waals surface area (Å²) < 4.78 is 5.68. The maximum atomic E-state index is 13.0. The highest BCUT2D eigenvalue weighted by atomic mass is 16.5. The Balaban J connectivity index is 1.56. The molecule has 3 aliphatic rings. The van der Waals surface area contributed by atoms with E-state index in [-0.39, 0.29) is 24.9 Å². The molecule has 0 aromatic heterocycles. The number of likely N-dealkylation sites (N-methyl/N-ethyl adjacent to an activating group) is 1. The van der Waals surface area contributed by atoms with Crippen molar-refractivity contribution in [2.45, 2.75) is 25.0 Å². The summed E-state index contributed by atoms with van der Waals surface area (Å²) in [7, 11) is 1.49. The summed E-state index contributed by atoms with van der Waals surface area (Å²) in [5.74, 6) is -0.695. The first-order valence-electron chi connectivity index (χ1n) is 8.91. The third-order valence-electron chi connectivity index (χ3n) is 5.19. The van der Waals surface area contributed by atoms with E-state index >= 15 is 0 Å². The fourth-order valence-corrected chi connectivity index (χ4v) is 3.82. The second-order valence-electron chi connectivity index (χ2n) is 6.75. The molecule has 0 radical (unpaired) electrons. The number of nitrogens with zero attached hydrogens (tertiary/aromatic N) is 3. The third-order valence-corrected chi connectivity index (χ3v) is 5.19. The number of carbonyl (C=O) groups is 4. The zero-order valence-corrected chi connectivity index (χ0v) is 14.9. The molecule has 2 atom stereocenters. The SMILES string of the molecule is CNC(=O)[C@H]1CN(C(=O)CN2C(=O)[C@H]3CCCN3C2=O)c2ccccc2O1. The van der Waals surface area contributed by atoms with E-state index in [1.54, 1.807) is 24.3 Å². The fourth-order valence-electron chi connectivity index (χ4n) is 3.82. The Morgan fingerprint density at radius 2 is 2.04 bits per heavy atom. The number of hydrogen-bond donors (Lipinski definition) is 1. The number of fused-ring (bicyclic) bond motifs is 2. The average Bonchev–Trinajstić information content (AvgIpc) is 3.26. The zero-order chi connectivity index (χ0) is 19.1. The molecule has 2 fully saturated rings. The lowest BCUT2D eigenvalue weighted by Crippen LogP contribution is -2.52. The van der Waals surface area contributed by atoms with Crippen molar-refractivity contribution in [3.63, 3.8) is 0 Å². The molecular formula is C18H20N4O5. The number of hydrogen-bond acceptors (Lipinski definition) is 5. The Hall–Kier alpha value is -3.10. The maximum absolute atomic E-state index is 13.0. The van der Waals surface area contributed by atoms with Crippen LogP contribution in [0.4, 0.5) is 10.5 Å². The van der Waals surface area contributed by atoms with Crippen LogP contribution in [0.2, 0.25) is 0 Å². The lowest BCUT2D eigenvalue weighted by Gasteiger charge is -2.34. The molecule has 27 heavy (non-hydrogen) atoms. The van der Waals surface area contributed by atoms with Crippen LogP contribution in [-0.4, -0.2) is 72.4 Å². The molecule has 142 valence electrons. The van der Waals surface area contributed by atoms with Crippen LogP contribution in [0.1, 0.15) is 12.8 Å². The predicted molar refractivity (Wildman–Crippen MR) is 94.1 cm³/mol. The number of urea groups is 1. The van der Waals surface area contributed by atoms with Gasteiger partial charge in [-0.25, -0.2) is 4.79 Å². The largest absolute Gasteiger partial charge is 0.477 e. The highest BCUT2D eigenvalue weighted by Crippen LogP contribution is 2.34. The smallest absolute Gasteiger partial charge is 0.327 e. The van der Waals surface area contributed by atoms with Gasteiger partial charge < -0.3 is 19.9 Å². The Morgan fingerprint density at radius 1 is 1.26 bits per heavy atom. The molecule has 3 aliphatic heterocycles. The first-order valence-corrected chi connectivity index (χ1v) is 8.91. The fraction of sp³-hybridized carbons (Fsp3) is 0.444. The van der Waals surface area contributed by atoms with Crippen LogP contribution in [-0.2, 0) is 14.4 Å². The van der Waals surface area contributed by atoms with Crippen molar-refractivity contribution in [3.8, 4) is 5.75 Å². The summed E-state index contributed by atoms with van der Waals surface area (Å²) >= 11 is 0. The number of para-hydroxylation sites is 2.